The molecule has 0 spiro atoms. The topological polar surface area (TPSA) is 31.9 Å². The number of hydrogen-bond donors (Lipinski definition) is 1. The van der Waals surface area contributed by atoms with E-state index in [-0.39, 0.29) is 5.54 Å². The number of aromatic nitrogens is 2. The van der Waals surface area contributed by atoms with E-state index in [0.29, 0.717) is 0 Å². The van der Waals surface area contributed by atoms with Crippen molar-refractivity contribution >= 4 is 16.5 Å². The Balaban J connectivity index is 1.49. The molecule has 1 atom stereocenters. The molecule has 0 saturated heterocycles. The van der Waals surface area contributed by atoms with E-state index >= 15 is 0 Å². The summed E-state index contributed by atoms with van der Waals surface area (Å²) in [6.07, 6.45) is 9.51. The van der Waals surface area contributed by atoms with Crippen LogP contribution in [0, 0.1) is 0 Å². The molecule has 3 heteroatoms. The van der Waals surface area contributed by atoms with E-state index in [2.05, 4.69) is 102 Å². The third-order valence-corrected chi connectivity index (χ3v) is 7.15. The van der Waals surface area contributed by atoms with Gasteiger partial charge in [0, 0.05) is 34.0 Å². The summed E-state index contributed by atoms with van der Waals surface area (Å²) in [5, 5.41) is 1.34. The van der Waals surface area contributed by atoms with Gasteiger partial charge in [-0.3, -0.25) is 9.88 Å². The minimum atomic E-state index is 0.0604. The maximum atomic E-state index is 4.54. The van der Waals surface area contributed by atoms with Crippen molar-refractivity contribution in [3.63, 3.8) is 0 Å². The molecule has 3 nitrogen and oxygen atoms in total. The number of nitrogens with one attached hydrogen (secondary N) is 1. The van der Waals surface area contributed by atoms with E-state index in [1.807, 2.05) is 12.3 Å². The first-order valence-electron chi connectivity index (χ1n) is 11.6. The maximum Gasteiger partial charge on any atom is 0.0492 e. The molecule has 0 radical (unpaired) electrons. The van der Waals surface area contributed by atoms with Gasteiger partial charge in [-0.2, -0.15) is 0 Å². The monoisotopic (exact) mass is 421 g/mol. The largest absolute Gasteiger partial charge is 0.355 e. The smallest absolute Gasteiger partial charge is 0.0492 e. The van der Waals surface area contributed by atoms with Crippen LogP contribution in [0.2, 0.25) is 0 Å². The van der Waals surface area contributed by atoms with Gasteiger partial charge in [0.05, 0.1) is 0 Å². The predicted octanol–water partition coefficient (Wildman–Crippen LogP) is 6.37. The highest BCUT2D eigenvalue weighted by atomic mass is 15.1. The van der Waals surface area contributed by atoms with Crippen LogP contribution < -0.4 is 0 Å². The molecule has 162 valence electrons. The van der Waals surface area contributed by atoms with Gasteiger partial charge in [0.15, 0.2) is 0 Å². The summed E-state index contributed by atoms with van der Waals surface area (Å²) in [5.41, 5.74) is 8.05. The first-order valence-corrected chi connectivity index (χ1v) is 11.6. The van der Waals surface area contributed by atoms with Crippen molar-refractivity contribution in [3.05, 3.63) is 108 Å². The molecule has 0 amide bonds. The molecular weight excluding hydrogens is 390 g/mol. The van der Waals surface area contributed by atoms with Crippen molar-refractivity contribution in [1.82, 2.24) is 14.9 Å². The van der Waals surface area contributed by atoms with Crippen LogP contribution in [0.15, 0.2) is 85.1 Å². The second kappa shape index (κ2) is 8.76. The maximum absolute atomic E-state index is 4.54. The number of aryl methyl sites for hydroxylation is 2. The first kappa shape index (κ1) is 20.7. The lowest BCUT2D eigenvalue weighted by Crippen LogP contribution is -2.42. The second-order valence-corrected chi connectivity index (χ2v) is 9.07. The highest BCUT2D eigenvalue weighted by molar-refractivity contribution is 5.89. The van der Waals surface area contributed by atoms with Gasteiger partial charge in [-0.15, -0.1) is 0 Å². The lowest BCUT2D eigenvalue weighted by Gasteiger charge is -2.43. The quantitative estimate of drug-likeness (QED) is 0.392. The number of fused-ring (bicyclic) bond motifs is 1. The molecule has 0 saturated carbocycles. The van der Waals surface area contributed by atoms with Crippen molar-refractivity contribution in [2.45, 2.75) is 37.6 Å². The Bertz CT molecular complexity index is 1220. The van der Waals surface area contributed by atoms with Crippen molar-refractivity contribution in [1.29, 1.82) is 0 Å². The lowest BCUT2D eigenvalue weighted by molar-refractivity contribution is 0.138. The molecule has 2 heterocycles. The Hall–Kier alpha value is -3.17. The third kappa shape index (κ3) is 3.78. The number of rotatable bonds is 6. The normalized spacial score (nSPS) is 18.8. The number of benzene rings is 2. The Kier molecular flexibility index (Phi) is 5.67. The molecule has 0 aliphatic heterocycles. The Morgan fingerprint density at radius 1 is 0.906 bits per heavy atom. The van der Waals surface area contributed by atoms with Crippen LogP contribution in [0.3, 0.4) is 0 Å². The van der Waals surface area contributed by atoms with Gasteiger partial charge in [0.1, 0.15) is 0 Å². The van der Waals surface area contributed by atoms with Gasteiger partial charge >= 0.3 is 0 Å². The third-order valence-electron chi connectivity index (χ3n) is 7.15. The molecule has 1 unspecified atom stereocenters. The molecule has 0 bridgehead atoms. The van der Waals surface area contributed by atoms with E-state index in [9.17, 15) is 0 Å². The highest BCUT2D eigenvalue weighted by Crippen LogP contribution is 2.43. The molecule has 1 aliphatic rings. The number of allylic oxidation sites excluding steroid dienone is 1. The van der Waals surface area contributed by atoms with Crippen molar-refractivity contribution in [2.24, 2.45) is 0 Å². The lowest BCUT2D eigenvalue weighted by atomic mass is 9.75. The number of pyridine rings is 1. The summed E-state index contributed by atoms with van der Waals surface area (Å²) in [6, 6.07) is 25.9. The zero-order valence-electron chi connectivity index (χ0n) is 19.0. The van der Waals surface area contributed by atoms with Gasteiger partial charge in [0.25, 0.3) is 0 Å². The van der Waals surface area contributed by atoms with Crippen molar-refractivity contribution in [3.8, 4) is 0 Å². The van der Waals surface area contributed by atoms with Gasteiger partial charge in [-0.05, 0) is 81.1 Å². The van der Waals surface area contributed by atoms with E-state index in [0.717, 1.165) is 37.8 Å². The van der Waals surface area contributed by atoms with E-state index in [4.69, 9.17) is 0 Å². The summed E-state index contributed by atoms with van der Waals surface area (Å²) in [4.78, 5) is 10.7. The average Bonchev–Trinajstić information content (AvgIpc) is 3.22. The Labute approximate surface area is 190 Å². The number of para-hydroxylation sites is 1. The van der Waals surface area contributed by atoms with E-state index < -0.39 is 0 Å². The van der Waals surface area contributed by atoms with E-state index in [1.165, 1.54) is 33.3 Å². The predicted molar refractivity (Wildman–Crippen MR) is 134 cm³/mol. The minimum absolute atomic E-state index is 0.0604. The molecule has 32 heavy (non-hydrogen) atoms. The van der Waals surface area contributed by atoms with Crippen LogP contribution in [-0.4, -0.2) is 29.0 Å². The Morgan fingerprint density at radius 3 is 2.41 bits per heavy atom. The fourth-order valence-electron chi connectivity index (χ4n) is 5.27. The highest BCUT2D eigenvalue weighted by Gasteiger charge is 2.36. The summed E-state index contributed by atoms with van der Waals surface area (Å²) in [6.45, 7) is 0. The van der Waals surface area contributed by atoms with Crippen LogP contribution in [-0.2, 0) is 18.4 Å². The number of hydrogen-bond acceptors (Lipinski definition) is 2. The minimum Gasteiger partial charge on any atom is -0.355 e. The molecule has 2 aromatic heterocycles. The summed E-state index contributed by atoms with van der Waals surface area (Å²) >= 11 is 0. The fourth-order valence-corrected chi connectivity index (χ4v) is 5.27. The first-order chi connectivity index (χ1) is 15.7. The summed E-state index contributed by atoms with van der Waals surface area (Å²) in [7, 11) is 4.43. The Morgan fingerprint density at radius 2 is 1.69 bits per heavy atom. The number of nitrogens with zero attached hydrogens (tertiary/aromatic N) is 2. The van der Waals surface area contributed by atoms with Gasteiger partial charge in [0.2, 0.25) is 0 Å². The molecule has 2 aromatic carbocycles. The van der Waals surface area contributed by atoms with Crippen molar-refractivity contribution < 1.29 is 0 Å². The second-order valence-electron chi connectivity index (χ2n) is 9.07. The zero-order chi connectivity index (χ0) is 22.0. The molecular formula is C29H31N3. The molecule has 1 aliphatic carbocycles. The van der Waals surface area contributed by atoms with Gasteiger partial charge in [-0.25, -0.2) is 0 Å². The van der Waals surface area contributed by atoms with Crippen LogP contribution in [0.1, 0.15) is 41.8 Å². The van der Waals surface area contributed by atoms with Crippen LogP contribution in [0.25, 0.3) is 16.5 Å². The van der Waals surface area contributed by atoms with E-state index in [1.54, 1.807) is 0 Å². The molecule has 5 rings (SSSR count). The summed E-state index contributed by atoms with van der Waals surface area (Å²) in [5.74, 6) is 0. The van der Waals surface area contributed by atoms with Crippen LogP contribution in [0.5, 0.6) is 0 Å². The number of H-pyrrole nitrogens is 1. The van der Waals surface area contributed by atoms with Gasteiger partial charge in [-0.1, -0.05) is 60.7 Å². The molecule has 4 aromatic rings. The zero-order valence-corrected chi connectivity index (χ0v) is 19.0. The fraction of sp³-hybridized carbons (Fsp3) is 0.276. The SMILES string of the molecule is CN(C)C1(c2ccccc2)CC=C(c2[nH]c3ccccc3c2CCc2ccccn2)CC1. The molecule has 0 fully saturated rings. The summed E-state index contributed by atoms with van der Waals surface area (Å²) < 4.78 is 0. The number of aromatic amines is 1. The standard InChI is InChI=1S/C29H31N3/c1-32(2)29(23-10-4-3-5-11-23)19-17-22(18-20-29)28-26(16-15-24-12-8-9-21-30-24)25-13-6-7-14-27(25)31-28/h3-14,17,21,31H,15-16,18-20H2,1-2H3. The van der Waals surface area contributed by atoms with Crippen molar-refractivity contribution in [2.75, 3.05) is 14.1 Å². The van der Waals surface area contributed by atoms with Gasteiger partial charge < -0.3 is 4.98 Å². The average molecular weight is 422 g/mol. The van der Waals surface area contributed by atoms with Crippen LogP contribution in [0.4, 0.5) is 0 Å². The van der Waals surface area contributed by atoms with Crippen LogP contribution >= 0.6 is 0 Å². The molecule has 1 N–H and O–H groups in total.